The Labute approximate surface area is 110 Å². The van der Waals surface area contributed by atoms with Gasteiger partial charge in [-0.3, -0.25) is 4.72 Å². The second kappa shape index (κ2) is 6.58. The van der Waals surface area contributed by atoms with E-state index in [9.17, 15) is 13.2 Å². The van der Waals surface area contributed by atoms with Gasteiger partial charge in [0.25, 0.3) is 0 Å². The van der Waals surface area contributed by atoms with E-state index in [2.05, 4.69) is 21.6 Å². The molecule has 9 heteroatoms. The van der Waals surface area contributed by atoms with Crippen LogP contribution >= 0.6 is 0 Å². The minimum absolute atomic E-state index is 0.0267. The van der Waals surface area contributed by atoms with Crippen LogP contribution in [0.1, 0.15) is 5.69 Å². The first-order chi connectivity index (χ1) is 8.96. The van der Waals surface area contributed by atoms with Crippen molar-refractivity contribution in [3.05, 3.63) is 23.9 Å². The zero-order valence-electron chi connectivity index (χ0n) is 9.87. The van der Waals surface area contributed by atoms with E-state index in [-0.39, 0.29) is 18.1 Å². The minimum atomic E-state index is -4.12. The molecule has 0 spiro atoms. The molecule has 1 aromatic heterocycles. The van der Waals surface area contributed by atoms with Crippen LogP contribution in [0.4, 0.5) is 10.6 Å². The van der Waals surface area contributed by atoms with Crippen molar-refractivity contribution in [2.45, 2.75) is 0 Å². The van der Waals surface area contributed by atoms with Crippen LogP contribution in [-0.2, 0) is 14.9 Å². The Morgan fingerprint density at radius 3 is 2.89 bits per heavy atom. The summed E-state index contributed by atoms with van der Waals surface area (Å²) in [5.74, 6) is 4.86. The number of methoxy groups -OCH3 is 1. The van der Waals surface area contributed by atoms with Crippen molar-refractivity contribution in [3.8, 4) is 11.8 Å². The van der Waals surface area contributed by atoms with Crippen LogP contribution in [0.3, 0.4) is 0 Å². The number of nitrogens with zero attached hydrogens (tertiary/aromatic N) is 1. The summed E-state index contributed by atoms with van der Waals surface area (Å²) >= 11 is 0. The largest absolute Gasteiger partial charge is 0.452 e. The number of carbonyl (C=O) groups is 1. The van der Waals surface area contributed by atoms with Crippen LogP contribution in [0.15, 0.2) is 18.2 Å². The second-order valence-electron chi connectivity index (χ2n) is 3.07. The summed E-state index contributed by atoms with van der Waals surface area (Å²) < 4.78 is 30.7. The lowest BCUT2D eigenvalue weighted by Gasteiger charge is -2.07. The first-order valence-electron chi connectivity index (χ1n) is 4.92. The minimum Gasteiger partial charge on any atom is -0.452 e. The third-order valence-corrected chi connectivity index (χ3v) is 2.60. The summed E-state index contributed by atoms with van der Waals surface area (Å²) in [4.78, 5) is 14.7. The number of aliphatic hydroxyl groups is 1. The SMILES string of the molecule is COC(=O)NS(=O)(=O)Nc1cccc(C#CCO)n1. The maximum Gasteiger partial charge on any atom is 0.422 e. The topological polar surface area (TPSA) is 118 Å². The molecule has 0 unspecified atom stereocenters. The van der Waals surface area contributed by atoms with Crippen LogP contribution in [0.25, 0.3) is 0 Å². The lowest BCUT2D eigenvalue weighted by Crippen LogP contribution is -2.35. The normalized spacial score (nSPS) is 10.0. The highest BCUT2D eigenvalue weighted by Gasteiger charge is 2.14. The fraction of sp³-hybridized carbons (Fsp3) is 0.200. The molecule has 19 heavy (non-hydrogen) atoms. The van der Waals surface area contributed by atoms with Crippen LogP contribution in [-0.4, -0.2) is 38.3 Å². The first kappa shape index (κ1) is 14.7. The van der Waals surface area contributed by atoms with Crippen molar-refractivity contribution in [1.82, 2.24) is 9.71 Å². The molecular formula is C10H11N3O5S. The predicted molar refractivity (Wildman–Crippen MR) is 66.3 cm³/mol. The highest BCUT2D eigenvalue weighted by Crippen LogP contribution is 2.05. The van der Waals surface area contributed by atoms with Crippen molar-refractivity contribution in [3.63, 3.8) is 0 Å². The number of carbonyl (C=O) groups excluding carboxylic acids is 1. The summed E-state index contributed by atoms with van der Waals surface area (Å²) in [6.45, 7) is -0.332. The van der Waals surface area contributed by atoms with Gasteiger partial charge in [0.15, 0.2) is 0 Å². The summed E-state index contributed by atoms with van der Waals surface area (Å²) in [7, 11) is -3.08. The molecule has 0 atom stereocenters. The third kappa shape index (κ3) is 5.24. The predicted octanol–water partition coefficient (Wildman–Crippen LogP) is -0.562. The van der Waals surface area contributed by atoms with Gasteiger partial charge in [0.1, 0.15) is 18.1 Å². The molecule has 1 aromatic rings. The molecule has 1 amide bonds. The zero-order valence-corrected chi connectivity index (χ0v) is 10.7. The van der Waals surface area contributed by atoms with Crippen molar-refractivity contribution in [1.29, 1.82) is 0 Å². The number of ether oxygens (including phenoxy) is 1. The van der Waals surface area contributed by atoms with Gasteiger partial charge in [-0.2, -0.15) is 8.42 Å². The van der Waals surface area contributed by atoms with E-state index in [1.807, 2.05) is 4.72 Å². The number of rotatable bonds is 3. The summed E-state index contributed by atoms with van der Waals surface area (Å²) in [5, 5.41) is 8.54. The summed E-state index contributed by atoms with van der Waals surface area (Å²) in [6, 6.07) is 4.43. The Bertz CT molecular complexity index is 618. The number of aliphatic hydroxyl groups excluding tert-OH is 1. The average molecular weight is 285 g/mol. The summed E-state index contributed by atoms with van der Waals surface area (Å²) in [6.07, 6.45) is -1.12. The number of nitrogens with one attached hydrogen (secondary N) is 2. The molecule has 0 aliphatic carbocycles. The number of pyridine rings is 1. The van der Waals surface area contributed by atoms with Gasteiger partial charge >= 0.3 is 16.3 Å². The Morgan fingerprint density at radius 1 is 1.53 bits per heavy atom. The Hall–Kier alpha value is -2.31. The fourth-order valence-electron chi connectivity index (χ4n) is 1.01. The standard InChI is InChI=1S/C10H11N3O5S/c1-18-10(15)13-19(16,17)12-9-6-2-4-8(11-9)5-3-7-14/h2,4,6,14H,7H2,1H3,(H,11,12)(H,13,15). The lowest BCUT2D eigenvalue weighted by molar-refractivity contribution is 0.177. The molecule has 3 N–H and O–H groups in total. The van der Waals surface area contributed by atoms with Gasteiger partial charge in [-0.25, -0.2) is 14.5 Å². The molecular weight excluding hydrogens is 274 g/mol. The Morgan fingerprint density at radius 2 is 2.26 bits per heavy atom. The molecule has 0 radical (unpaired) electrons. The van der Waals surface area contributed by atoms with Crippen molar-refractivity contribution in [2.75, 3.05) is 18.4 Å². The van der Waals surface area contributed by atoms with Crippen molar-refractivity contribution in [2.24, 2.45) is 0 Å². The molecule has 8 nitrogen and oxygen atoms in total. The van der Waals surface area contributed by atoms with E-state index in [1.165, 1.54) is 18.2 Å². The van der Waals surface area contributed by atoms with Gasteiger partial charge in [0, 0.05) is 0 Å². The van der Waals surface area contributed by atoms with Crippen LogP contribution in [0.2, 0.25) is 0 Å². The molecule has 0 aromatic carbocycles. The average Bonchev–Trinajstić information content (AvgIpc) is 2.35. The fourth-order valence-corrected chi connectivity index (χ4v) is 1.75. The van der Waals surface area contributed by atoms with E-state index in [4.69, 9.17) is 5.11 Å². The molecule has 0 fully saturated rings. The van der Waals surface area contributed by atoms with E-state index in [0.717, 1.165) is 7.11 Å². The van der Waals surface area contributed by atoms with Gasteiger partial charge in [-0.15, -0.1) is 0 Å². The molecule has 1 heterocycles. The smallest absolute Gasteiger partial charge is 0.422 e. The van der Waals surface area contributed by atoms with Crippen molar-refractivity contribution < 1.29 is 23.1 Å². The number of amides is 1. The van der Waals surface area contributed by atoms with Crippen molar-refractivity contribution >= 4 is 22.1 Å². The third-order valence-electron chi connectivity index (χ3n) is 1.69. The second-order valence-corrected chi connectivity index (χ2v) is 4.48. The van der Waals surface area contributed by atoms with Gasteiger partial charge in [0.2, 0.25) is 0 Å². The number of hydrogen-bond donors (Lipinski definition) is 3. The van der Waals surface area contributed by atoms with Crippen LogP contribution in [0.5, 0.6) is 0 Å². The van der Waals surface area contributed by atoms with E-state index >= 15 is 0 Å². The van der Waals surface area contributed by atoms with Gasteiger partial charge in [-0.05, 0) is 18.1 Å². The van der Waals surface area contributed by atoms with E-state index < -0.39 is 16.3 Å². The maximum atomic E-state index is 11.5. The number of hydrogen-bond acceptors (Lipinski definition) is 6. The molecule has 102 valence electrons. The van der Waals surface area contributed by atoms with Gasteiger partial charge in [0.05, 0.1) is 7.11 Å². The molecule has 1 rings (SSSR count). The molecule has 0 bridgehead atoms. The Kier molecular flexibility index (Phi) is 5.11. The zero-order chi connectivity index (χ0) is 14.3. The molecule has 0 aliphatic heterocycles. The molecule has 0 aliphatic rings. The monoisotopic (exact) mass is 285 g/mol. The number of anilines is 1. The first-order valence-corrected chi connectivity index (χ1v) is 6.40. The molecule has 0 saturated carbocycles. The van der Waals surface area contributed by atoms with Gasteiger partial charge < -0.3 is 9.84 Å². The van der Waals surface area contributed by atoms with Gasteiger partial charge in [-0.1, -0.05) is 12.0 Å². The quantitative estimate of drug-likeness (QED) is 0.641. The highest BCUT2D eigenvalue weighted by molar-refractivity contribution is 7.91. The highest BCUT2D eigenvalue weighted by atomic mass is 32.2. The van der Waals surface area contributed by atoms with E-state index in [0.29, 0.717) is 0 Å². The summed E-state index contributed by atoms with van der Waals surface area (Å²) in [5.41, 5.74) is 0.271. The lowest BCUT2D eigenvalue weighted by atomic mass is 10.3. The van der Waals surface area contributed by atoms with Crippen LogP contribution in [0, 0.1) is 11.8 Å². The maximum absolute atomic E-state index is 11.5. The number of aromatic nitrogens is 1. The van der Waals surface area contributed by atoms with E-state index in [1.54, 1.807) is 4.72 Å². The molecule has 0 saturated heterocycles. The Balaban J connectivity index is 2.85. The van der Waals surface area contributed by atoms with Crippen LogP contribution < -0.4 is 9.44 Å².